The third-order valence-corrected chi connectivity index (χ3v) is 5.84. The van der Waals surface area contributed by atoms with E-state index in [1.54, 1.807) is 12.1 Å². The molecular weight excluding hydrogens is 388 g/mol. The summed E-state index contributed by atoms with van der Waals surface area (Å²) in [6, 6.07) is 19.2. The van der Waals surface area contributed by atoms with E-state index >= 15 is 0 Å². The minimum atomic E-state index is -0.335. The Morgan fingerprint density at radius 2 is 1.71 bits per heavy atom. The van der Waals surface area contributed by atoms with Gasteiger partial charge in [0.1, 0.15) is 0 Å². The lowest BCUT2D eigenvalue weighted by molar-refractivity contribution is -0.0401. The highest BCUT2D eigenvalue weighted by atomic mass is 16.5. The van der Waals surface area contributed by atoms with E-state index in [1.165, 1.54) is 0 Å². The Kier molecular flexibility index (Phi) is 4.63. The lowest BCUT2D eigenvalue weighted by Crippen LogP contribution is -2.32. The smallest absolute Gasteiger partial charge is 0.230 e. The molecule has 0 aliphatic carbocycles. The first-order valence-corrected chi connectivity index (χ1v) is 10.4. The van der Waals surface area contributed by atoms with Crippen molar-refractivity contribution in [1.29, 1.82) is 0 Å². The topological polar surface area (TPSA) is 78.4 Å². The third-order valence-electron chi connectivity index (χ3n) is 5.84. The molecule has 31 heavy (non-hydrogen) atoms. The molecular formula is C26H24N2O3. The van der Waals surface area contributed by atoms with Crippen molar-refractivity contribution in [2.75, 3.05) is 5.73 Å². The summed E-state index contributed by atoms with van der Waals surface area (Å²) in [4.78, 5) is 17.9. The second kappa shape index (κ2) is 7.36. The van der Waals surface area contributed by atoms with E-state index in [2.05, 4.69) is 26.0 Å². The quantitative estimate of drug-likeness (QED) is 0.473. The van der Waals surface area contributed by atoms with Crippen LogP contribution in [0.5, 0.6) is 0 Å². The first-order chi connectivity index (χ1) is 14.9. The number of nitrogen functional groups attached to an aromatic ring is 1. The van der Waals surface area contributed by atoms with Crippen LogP contribution >= 0.6 is 0 Å². The minimum absolute atomic E-state index is 0.150. The molecule has 0 spiro atoms. The number of hydrogen-bond donors (Lipinski definition) is 1. The van der Waals surface area contributed by atoms with Crippen molar-refractivity contribution in [2.24, 2.45) is 0 Å². The number of nitrogens with two attached hydrogens (primary N) is 1. The number of ketones is 1. The molecule has 5 nitrogen and oxygen atoms in total. The summed E-state index contributed by atoms with van der Waals surface area (Å²) in [6.45, 7) is 4.58. The number of carbonyl (C=O) groups is 1. The molecule has 0 saturated heterocycles. The van der Waals surface area contributed by atoms with Gasteiger partial charge in [0.15, 0.2) is 0 Å². The van der Waals surface area contributed by atoms with E-state index < -0.39 is 0 Å². The van der Waals surface area contributed by atoms with Gasteiger partial charge in [0, 0.05) is 24.0 Å². The molecule has 5 heteroatoms. The first-order valence-electron chi connectivity index (χ1n) is 10.4. The van der Waals surface area contributed by atoms with E-state index in [0.29, 0.717) is 36.4 Å². The van der Waals surface area contributed by atoms with Gasteiger partial charge in [-0.2, -0.15) is 0 Å². The molecule has 5 rings (SSSR count). The number of anilines is 1. The van der Waals surface area contributed by atoms with Crippen LogP contribution in [0.4, 0.5) is 5.69 Å². The standard InChI is InChI=1S/C26H24N2O3/c1-26(2)14-18-19(15-30-26)20(13-16-9-5-3-6-10-16)28-25-21(18)22(27)24(31-25)23(29)17-11-7-4-8-12-17/h3-12H,13-15,27H2,1-2H3. The van der Waals surface area contributed by atoms with Crippen molar-refractivity contribution in [3.63, 3.8) is 0 Å². The van der Waals surface area contributed by atoms with Crippen LogP contribution in [0.15, 0.2) is 65.1 Å². The maximum Gasteiger partial charge on any atom is 0.230 e. The van der Waals surface area contributed by atoms with Crippen LogP contribution in [-0.4, -0.2) is 16.4 Å². The fourth-order valence-electron chi connectivity index (χ4n) is 4.25. The van der Waals surface area contributed by atoms with Gasteiger partial charge in [0.25, 0.3) is 0 Å². The van der Waals surface area contributed by atoms with Gasteiger partial charge in [0.2, 0.25) is 17.3 Å². The predicted octanol–water partition coefficient (Wildman–Crippen LogP) is 5.08. The minimum Gasteiger partial charge on any atom is -0.432 e. The summed E-state index contributed by atoms with van der Waals surface area (Å²) in [6.07, 6.45) is 1.33. The number of pyridine rings is 1. The van der Waals surface area contributed by atoms with Gasteiger partial charge >= 0.3 is 0 Å². The number of aromatic nitrogens is 1. The van der Waals surface area contributed by atoms with Crippen LogP contribution in [0.3, 0.4) is 0 Å². The van der Waals surface area contributed by atoms with Crippen molar-refractivity contribution in [3.05, 3.63) is 94.4 Å². The lowest BCUT2D eigenvalue weighted by Gasteiger charge is -2.33. The fraction of sp³-hybridized carbons (Fsp3) is 0.231. The summed E-state index contributed by atoms with van der Waals surface area (Å²) in [5, 5.41) is 0.738. The van der Waals surface area contributed by atoms with Gasteiger partial charge in [-0.15, -0.1) is 0 Å². The van der Waals surface area contributed by atoms with Gasteiger partial charge in [-0.3, -0.25) is 4.79 Å². The van der Waals surface area contributed by atoms with Crippen LogP contribution < -0.4 is 5.73 Å². The maximum atomic E-state index is 13.1. The Morgan fingerprint density at radius 3 is 2.42 bits per heavy atom. The average molecular weight is 412 g/mol. The van der Waals surface area contributed by atoms with Gasteiger partial charge in [-0.1, -0.05) is 60.7 Å². The molecule has 0 unspecified atom stereocenters. The summed E-state index contributed by atoms with van der Waals surface area (Å²) >= 11 is 0. The predicted molar refractivity (Wildman–Crippen MR) is 120 cm³/mol. The number of benzene rings is 2. The van der Waals surface area contributed by atoms with Crippen molar-refractivity contribution >= 4 is 22.6 Å². The van der Waals surface area contributed by atoms with Gasteiger partial charge in [-0.25, -0.2) is 4.98 Å². The fourth-order valence-corrected chi connectivity index (χ4v) is 4.25. The van der Waals surface area contributed by atoms with E-state index in [-0.39, 0.29) is 17.1 Å². The van der Waals surface area contributed by atoms with Gasteiger partial charge in [0.05, 0.1) is 29.0 Å². The average Bonchev–Trinajstić information content (AvgIpc) is 3.10. The molecule has 2 aromatic carbocycles. The summed E-state index contributed by atoms with van der Waals surface area (Å²) < 4.78 is 12.1. The van der Waals surface area contributed by atoms with Crippen molar-refractivity contribution < 1.29 is 13.9 Å². The zero-order chi connectivity index (χ0) is 21.6. The lowest BCUT2D eigenvalue weighted by atomic mass is 9.88. The maximum absolute atomic E-state index is 13.1. The Hall–Kier alpha value is -3.44. The second-order valence-corrected chi connectivity index (χ2v) is 8.62. The van der Waals surface area contributed by atoms with Crippen LogP contribution in [-0.2, 0) is 24.2 Å². The number of furan rings is 1. The molecule has 1 aliphatic heterocycles. The molecule has 1 aliphatic rings. The number of ether oxygens (including phenoxy) is 1. The number of carbonyl (C=O) groups excluding carboxylic acids is 1. The van der Waals surface area contributed by atoms with Crippen LogP contribution in [0, 0.1) is 0 Å². The highest BCUT2D eigenvalue weighted by Gasteiger charge is 2.33. The Labute approximate surface area is 180 Å². The number of nitrogens with zero attached hydrogens (tertiary/aromatic N) is 1. The molecule has 0 amide bonds. The highest BCUT2D eigenvalue weighted by molar-refractivity contribution is 6.14. The monoisotopic (exact) mass is 412 g/mol. The van der Waals surface area contributed by atoms with Crippen molar-refractivity contribution in [3.8, 4) is 0 Å². The highest BCUT2D eigenvalue weighted by Crippen LogP contribution is 2.40. The van der Waals surface area contributed by atoms with E-state index in [9.17, 15) is 4.79 Å². The van der Waals surface area contributed by atoms with Crippen molar-refractivity contribution in [2.45, 2.75) is 38.9 Å². The molecule has 4 aromatic rings. The largest absolute Gasteiger partial charge is 0.432 e. The normalized spacial score (nSPS) is 15.0. The van der Waals surface area contributed by atoms with Gasteiger partial charge < -0.3 is 14.9 Å². The summed E-state index contributed by atoms with van der Waals surface area (Å²) in [7, 11) is 0. The van der Waals surface area contributed by atoms with Crippen LogP contribution in [0.2, 0.25) is 0 Å². The van der Waals surface area contributed by atoms with E-state index in [4.69, 9.17) is 19.9 Å². The first kappa shape index (κ1) is 19.5. The summed E-state index contributed by atoms with van der Waals surface area (Å²) in [5.74, 6) is -0.0853. The molecule has 0 radical (unpaired) electrons. The molecule has 0 fully saturated rings. The van der Waals surface area contributed by atoms with Crippen LogP contribution in [0.1, 0.15) is 52.3 Å². The number of hydrogen-bond acceptors (Lipinski definition) is 5. The molecule has 2 aromatic heterocycles. The number of rotatable bonds is 4. The third kappa shape index (κ3) is 3.51. The van der Waals surface area contributed by atoms with E-state index in [1.807, 2.05) is 36.4 Å². The number of fused-ring (bicyclic) bond motifs is 3. The molecule has 2 N–H and O–H groups in total. The summed E-state index contributed by atoms with van der Waals surface area (Å²) in [5.41, 5.74) is 11.6. The zero-order valence-electron chi connectivity index (χ0n) is 17.6. The van der Waals surface area contributed by atoms with Gasteiger partial charge in [-0.05, 0) is 25.0 Å². The molecule has 0 saturated carbocycles. The van der Waals surface area contributed by atoms with Crippen molar-refractivity contribution in [1.82, 2.24) is 4.98 Å². The second-order valence-electron chi connectivity index (χ2n) is 8.62. The molecule has 3 heterocycles. The SMILES string of the molecule is CC1(C)Cc2c(c(Cc3ccccc3)nc3oc(C(=O)c4ccccc4)c(N)c23)CO1. The Bertz CT molecular complexity index is 1270. The molecule has 0 atom stereocenters. The Balaban J connectivity index is 1.69. The molecule has 156 valence electrons. The van der Waals surface area contributed by atoms with Crippen LogP contribution in [0.25, 0.3) is 11.1 Å². The zero-order valence-corrected chi connectivity index (χ0v) is 17.6. The van der Waals surface area contributed by atoms with E-state index in [0.717, 1.165) is 27.8 Å². The molecule has 0 bridgehead atoms. The Morgan fingerprint density at radius 1 is 1.03 bits per heavy atom.